The molecule has 126 valence electrons. The van der Waals surface area contributed by atoms with Crippen molar-refractivity contribution < 1.29 is 19.0 Å². The number of carbonyl (C=O) groups is 1. The summed E-state index contributed by atoms with van der Waals surface area (Å²) in [5.41, 5.74) is 0. The van der Waals surface area contributed by atoms with Crippen LogP contribution in [0.25, 0.3) is 0 Å². The zero-order chi connectivity index (χ0) is 16.5. The van der Waals surface area contributed by atoms with Gasteiger partial charge in [-0.3, -0.25) is 4.79 Å². The molecule has 4 rings (SSSR count). The van der Waals surface area contributed by atoms with E-state index in [1.807, 2.05) is 10.3 Å². The van der Waals surface area contributed by atoms with Crippen molar-refractivity contribution in [3.8, 4) is 17.2 Å². The Morgan fingerprint density at radius 1 is 1.42 bits per heavy atom. The topological polar surface area (TPSA) is 60.9 Å². The fraction of sp³-hybridized carbons (Fsp3) is 0.412. The van der Waals surface area contributed by atoms with Gasteiger partial charge in [0.05, 0.1) is 6.54 Å². The fourth-order valence-electron chi connectivity index (χ4n) is 2.69. The highest BCUT2D eigenvalue weighted by Crippen LogP contribution is 2.36. The van der Waals surface area contributed by atoms with Crippen molar-refractivity contribution in [2.45, 2.75) is 38.5 Å². The van der Waals surface area contributed by atoms with Crippen LogP contribution in [0.2, 0.25) is 0 Å². The second-order valence-corrected chi connectivity index (χ2v) is 6.88. The third-order valence-corrected chi connectivity index (χ3v) is 4.83. The minimum Gasteiger partial charge on any atom is -0.481 e. The lowest BCUT2D eigenvalue weighted by Crippen LogP contribution is -2.41. The van der Waals surface area contributed by atoms with Crippen LogP contribution in [0.3, 0.4) is 0 Å². The Labute approximate surface area is 144 Å². The van der Waals surface area contributed by atoms with Crippen LogP contribution in [0, 0.1) is 0 Å². The molecule has 0 radical (unpaired) electrons. The lowest BCUT2D eigenvalue weighted by Gasteiger charge is -2.25. The number of aromatic nitrogens is 1. The minimum atomic E-state index is -0.564. The molecule has 2 aliphatic rings. The van der Waals surface area contributed by atoms with Gasteiger partial charge in [0, 0.05) is 23.7 Å². The van der Waals surface area contributed by atoms with E-state index in [2.05, 4.69) is 4.98 Å². The summed E-state index contributed by atoms with van der Waals surface area (Å²) in [6.45, 7) is 2.55. The Kier molecular flexibility index (Phi) is 4.02. The molecule has 1 amide bonds. The Bertz CT molecular complexity index is 730. The maximum atomic E-state index is 12.8. The Morgan fingerprint density at radius 3 is 3.00 bits per heavy atom. The van der Waals surface area contributed by atoms with Gasteiger partial charge in [-0.25, -0.2) is 4.98 Å². The summed E-state index contributed by atoms with van der Waals surface area (Å²) in [6, 6.07) is 5.65. The first kappa shape index (κ1) is 15.3. The van der Waals surface area contributed by atoms with Crippen molar-refractivity contribution in [2.24, 2.45) is 0 Å². The highest BCUT2D eigenvalue weighted by atomic mass is 32.1. The Hall–Kier alpha value is -2.28. The zero-order valence-corrected chi connectivity index (χ0v) is 14.1. The predicted molar refractivity (Wildman–Crippen MR) is 88.3 cm³/mol. The van der Waals surface area contributed by atoms with E-state index in [1.54, 1.807) is 42.7 Å². The van der Waals surface area contributed by atoms with Crippen LogP contribution >= 0.6 is 11.3 Å². The molecule has 1 atom stereocenters. The van der Waals surface area contributed by atoms with Crippen LogP contribution in [0.4, 0.5) is 0 Å². The van der Waals surface area contributed by atoms with Crippen molar-refractivity contribution in [3.63, 3.8) is 0 Å². The molecule has 1 aliphatic heterocycles. The lowest BCUT2D eigenvalue weighted by atomic mass is 10.2. The SMILES string of the molecule is C[C@H](Oc1ccc2c(c1)OCO2)C(=O)N(Cc1nccs1)C1CC1. The number of ether oxygens (including phenoxy) is 3. The first-order valence-electron chi connectivity index (χ1n) is 7.96. The Balaban J connectivity index is 1.44. The lowest BCUT2D eigenvalue weighted by molar-refractivity contribution is -0.139. The minimum absolute atomic E-state index is 0.00892. The molecule has 0 N–H and O–H groups in total. The maximum Gasteiger partial charge on any atom is 0.263 e. The summed E-state index contributed by atoms with van der Waals surface area (Å²) >= 11 is 1.57. The number of hydrogen-bond acceptors (Lipinski definition) is 6. The van der Waals surface area contributed by atoms with Crippen molar-refractivity contribution >= 4 is 17.2 Å². The zero-order valence-electron chi connectivity index (χ0n) is 13.3. The van der Waals surface area contributed by atoms with Gasteiger partial charge in [-0.15, -0.1) is 11.3 Å². The van der Waals surface area contributed by atoms with Gasteiger partial charge in [-0.05, 0) is 31.9 Å². The molecule has 0 bridgehead atoms. The van der Waals surface area contributed by atoms with Crippen LogP contribution in [0.15, 0.2) is 29.8 Å². The summed E-state index contributed by atoms with van der Waals surface area (Å²) in [5.74, 6) is 1.94. The standard InChI is InChI=1S/C17H18N2O4S/c1-11(23-13-4-5-14-15(8-13)22-10-21-14)17(20)19(12-2-3-12)9-16-18-6-7-24-16/h4-8,11-12H,2-3,9-10H2,1H3/t11-/m0/s1. The van der Waals surface area contributed by atoms with Gasteiger partial charge in [0.15, 0.2) is 17.6 Å². The van der Waals surface area contributed by atoms with Gasteiger partial charge < -0.3 is 19.1 Å². The first-order valence-corrected chi connectivity index (χ1v) is 8.84. The monoisotopic (exact) mass is 346 g/mol. The number of nitrogens with zero attached hydrogens (tertiary/aromatic N) is 2. The van der Waals surface area contributed by atoms with Crippen molar-refractivity contribution in [3.05, 3.63) is 34.8 Å². The highest BCUT2D eigenvalue weighted by molar-refractivity contribution is 7.09. The summed E-state index contributed by atoms with van der Waals surface area (Å²) < 4.78 is 16.5. The maximum absolute atomic E-state index is 12.8. The number of carbonyl (C=O) groups excluding carboxylic acids is 1. The van der Waals surface area contributed by atoms with E-state index >= 15 is 0 Å². The van der Waals surface area contributed by atoms with E-state index in [4.69, 9.17) is 14.2 Å². The summed E-state index contributed by atoms with van der Waals surface area (Å²) in [4.78, 5) is 19.0. The molecule has 1 fully saturated rings. The number of fused-ring (bicyclic) bond motifs is 1. The molecular formula is C17H18N2O4S. The van der Waals surface area contributed by atoms with E-state index in [9.17, 15) is 4.79 Å². The van der Waals surface area contributed by atoms with Gasteiger partial charge >= 0.3 is 0 Å². The van der Waals surface area contributed by atoms with E-state index < -0.39 is 6.10 Å². The van der Waals surface area contributed by atoms with E-state index in [0.717, 1.165) is 17.8 Å². The van der Waals surface area contributed by atoms with Crippen LogP contribution in [-0.4, -0.2) is 34.7 Å². The van der Waals surface area contributed by atoms with Gasteiger partial charge in [-0.1, -0.05) is 0 Å². The molecule has 0 saturated heterocycles. The van der Waals surface area contributed by atoms with Gasteiger partial charge in [0.2, 0.25) is 6.79 Å². The largest absolute Gasteiger partial charge is 0.481 e. The van der Waals surface area contributed by atoms with Gasteiger partial charge in [-0.2, -0.15) is 0 Å². The average Bonchev–Trinajstić information content (AvgIpc) is 3.09. The van der Waals surface area contributed by atoms with Crippen LogP contribution < -0.4 is 14.2 Å². The molecular weight excluding hydrogens is 328 g/mol. The van der Waals surface area contributed by atoms with Gasteiger partial charge in [0.1, 0.15) is 10.8 Å². The quantitative estimate of drug-likeness (QED) is 0.805. The van der Waals surface area contributed by atoms with E-state index in [0.29, 0.717) is 29.8 Å². The number of hydrogen-bond donors (Lipinski definition) is 0. The normalized spacial score (nSPS) is 16.7. The first-order chi connectivity index (χ1) is 11.7. The van der Waals surface area contributed by atoms with Crippen molar-refractivity contribution in [2.75, 3.05) is 6.79 Å². The molecule has 7 heteroatoms. The number of benzene rings is 1. The molecule has 1 aromatic heterocycles. The molecule has 1 saturated carbocycles. The molecule has 6 nitrogen and oxygen atoms in total. The van der Waals surface area contributed by atoms with Crippen molar-refractivity contribution in [1.82, 2.24) is 9.88 Å². The average molecular weight is 346 g/mol. The fourth-order valence-corrected chi connectivity index (χ4v) is 3.30. The van der Waals surface area contributed by atoms with Crippen LogP contribution in [0.1, 0.15) is 24.8 Å². The second kappa shape index (κ2) is 6.32. The smallest absolute Gasteiger partial charge is 0.263 e. The summed E-state index contributed by atoms with van der Waals surface area (Å²) in [5, 5.41) is 2.88. The molecule has 1 aromatic carbocycles. The van der Waals surface area contributed by atoms with Crippen LogP contribution in [-0.2, 0) is 11.3 Å². The van der Waals surface area contributed by atoms with Gasteiger partial charge in [0.25, 0.3) is 5.91 Å². The number of thiazole rings is 1. The van der Waals surface area contributed by atoms with E-state index in [-0.39, 0.29) is 12.7 Å². The molecule has 0 spiro atoms. The molecule has 1 aliphatic carbocycles. The number of rotatable bonds is 6. The third-order valence-electron chi connectivity index (χ3n) is 4.06. The Morgan fingerprint density at radius 2 is 2.25 bits per heavy atom. The third kappa shape index (κ3) is 3.17. The summed E-state index contributed by atoms with van der Waals surface area (Å²) in [7, 11) is 0. The molecule has 0 unspecified atom stereocenters. The highest BCUT2D eigenvalue weighted by Gasteiger charge is 2.35. The van der Waals surface area contributed by atoms with Crippen molar-refractivity contribution in [1.29, 1.82) is 0 Å². The second-order valence-electron chi connectivity index (χ2n) is 5.90. The predicted octanol–water partition coefficient (Wildman–Crippen LogP) is 2.83. The molecule has 24 heavy (non-hydrogen) atoms. The number of amides is 1. The van der Waals surface area contributed by atoms with E-state index in [1.165, 1.54) is 0 Å². The van der Waals surface area contributed by atoms with Crippen LogP contribution in [0.5, 0.6) is 17.2 Å². The molecule has 2 aromatic rings. The molecule has 2 heterocycles. The summed E-state index contributed by atoms with van der Waals surface area (Å²) in [6.07, 6.45) is 3.30.